The number of phenolic OH excluding ortho intramolecular Hbond substituents is 2. The van der Waals surface area contributed by atoms with Crippen LogP contribution in [0, 0.1) is 0 Å². The van der Waals surface area contributed by atoms with Gasteiger partial charge in [0, 0.05) is 6.08 Å². The molecule has 0 aromatic heterocycles. The standard InChI is InChI=1S/C27H38O18/c1-9-22(44-27-19(36)17(34)16(33)13(7-28)42-27)18(35)20(37)26(40-9)45-24-21(38)25(39)41-14(8-29)23(24)43-15(32)5-3-10-2-4-11(30)12(31)6-10/h2-6,9,13-14,16-31,33-39H,7-8H2,1H3/b5-3+/t9-,13+,14+,16+,17-,18-,19+,20+,21+,22-,23+,24+,25+,26-,27-/m0/s1. The number of aliphatic hydroxyl groups is 9. The van der Waals surface area contributed by atoms with Crippen molar-refractivity contribution in [2.75, 3.05) is 13.2 Å². The van der Waals surface area contributed by atoms with Crippen molar-refractivity contribution in [1.29, 1.82) is 0 Å². The zero-order valence-corrected chi connectivity index (χ0v) is 23.7. The Hall–Kier alpha value is -2.53. The molecule has 0 amide bonds. The van der Waals surface area contributed by atoms with E-state index in [1.165, 1.54) is 25.1 Å². The highest BCUT2D eigenvalue weighted by molar-refractivity contribution is 5.87. The highest BCUT2D eigenvalue weighted by atomic mass is 16.8. The number of carbonyl (C=O) groups excluding carboxylic acids is 1. The number of aliphatic hydroxyl groups excluding tert-OH is 9. The molecule has 3 saturated heterocycles. The molecule has 3 aliphatic rings. The lowest BCUT2D eigenvalue weighted by atomic mass is 9.96. The van der Waals surface area contributed by atoms with E-state index in [1.54, 1.807) is 0 Å². The maximum atomic E-state index is 12.7. The molecule has 0 spiro atoms. The summed E-state index contributed by atoms with van der Waals surface area (Å²) in [6.07, 6.45) is -22.8. The van der Waals surface area contributed by atoms with E-state index in [9.17, 15) is 61.0 Å². The fourth-order valence-electron chi connectivity index (χ4n) is 5.13. The number of benzene rings is 1. The summed E-state index contributed by atoms with van der Waals surface area (Å²) in [5.41, 5.74) is 0.298. The topological polar surface area (TPSA) is 295 Å². The maximum Gasteiger partial charge on any atom is 0.331 e. The zero-order chi connectivity index (χ0) is 33.2. The maximum absolute atomic E-state index is 12.7. The second-order valence-corrected chi connectivity index (χ2v) is 10.8. The summed E-state index contributed by atoms with van der Waals surface area (Å²) < 4.78 is 32.7. The first-order valence-electron chi connectivity index (χ1n) is 13.9. The molecule has 0 saturated carbocycles. The van der Waals surface area contributed by atoms with Crippen LogP contribution in [0.25, 0.3) is 6.08 Å². The molecule has 0 aliphatic carbocycles. The van der Waals surface area contributed by atoms with Crippen molar-refractivity contribution >= 4 is 12.0 Å². The summed E-state index contributed by atoms with van der Waals surface area (Å²) in [6, 6.07) is 3.73. The number of ether oxygens (including phenoxy) is 6. The Morgan fingerprint density at radius 1 is 0.733 bits per heavy atom. The van der Waals surface area contributed by atoms with Gasteiger partial charge in [0.25, 0.3) is 0 Å². The van der Waals surface area contributed by atoms with E-state index in [4.69, 9.17) is 28.4 Å². The van der Waals surface area contributed by atoms with Gasteiger partial charge in [-0.05, 0) is 30.7 Å². The minimum atomic E-state index is -1.94. The summed E-state index contributed by atoms with van der Waals surface area (Å²) in [5, 5.41) is 111. The third-order valence-electron chi connectivity index (χ3n) is 7.68. The molecule has 254 valence electrons. The van der Waals surface area contributed by atoms with Gasteiger partial charge in [-0.25, -0.2) is 4.79 Å². The predicted octanol–water partition coefficient (Wildman–Crippen LogP) is -4.87. The summed E-state index contributed by atoms with van der Waals surface area (Å²) in [7, 11) is 0. The normalized spacial score (nSPS) is 42.5. The summed E-state index contributed by atoms with van der Waals surface area (Å²) in [6.45, 7) is -0.187. The first-order chi connectivity index (χ1) is 21.3. The smallest absolute Gasteiger partial charge is 0.331 e. The zero-order valence-electron chi connectivity index (χ0n) is 23.7. The van der Waals surface area contributed by atoms with E-state index in [2.05, 4.69) is 0 Å². The van der Waals surface area contributed by atoms with Crippen molar-refractivity contribution in [3.63, 3.8) is 0 Å². The minimum absolute atomic E-state index is 0.298. The van der Waals surface area contributed by atoms with Crippen LogP contribution in [0.1, 0.15) is 12.5 Å². The Bertz CT molecular complexity index is 1160. The van der Waals surface area contributed by atoms with E-state index in [0.717, 1.165) is 12.1 Å². The van der Waals surface area contributed by atoms with Gasteiger partial charge in [0.15, 0.2) is 36.5 Å². The van der Waals surface area contributed by atoms with Gasteiger partial charge in [-0.15, -0.1) is 0 Å². The summed E-state index contributed by atoms with van der Waals surface area (Å²) in [5.74, 6) is -1.87. The van der Waals surface area contributed by atoms with Crippen LogP contribution in [0.4, 0.5) is 0 Å². The molecule has 45 heavy (non-hydrogen) atoms. The van der Waals surface area contributed by atoms with Gasteiger partial charge in [0.2, 0.25) is 0 Å². The molecule has 0 bridgehead atoms. The largest absolute Gasteiger partial charge is 0.504 e. The Kier molecular flexibility index (Phi) is 11.7. The van der Waals surface area contributed by atoms with Gasteiger partial charge in [-0.3, -0.25) is 0 Å². The molecule has 3 heterocycles. The van der Waals surface area contributed by atoms with Gasteiger partial charge in [0.05, 0.1) is 19.3 Å². The van der Waals surface area contributed by atoms with Crippen molar-refractivity contribution in [2.45, 2.75) is 99.0 Å². The van der Waals surface area contributed by atoms with Crippen molar-refractivity contribution in [3.8, 4) is 11.5 Å². The second-order valence-electron chi connectivity index (χ2n) is 10.8. The Labute approximate surface area is 255 Å². The van der Waals surface area contributed by atoms with Gasteiger partial charge >= 0.3 is 5.97 Å². The fourth-order valence-corrected chi connectivity index (χ4v) is 5.13. The predicted molar refractivity (Wildman–Crippen MR) is 143 cm³/mol. The van der Waals surface area contributed by atoms with Crippen LogP contribution < -0.4 is 0 Å². The van der Waals surface area contributed by atoms with Crippen LogP contribution >= 0.6 is 0 Å². The van der Waals surface area contributed by atoms with Crippen LogP contribution in [-0.4, -0.2) is 167 Å². The van der Waals surface area contributed by atoms with Crippen LogP contribution in [-0.2, 0) is 33.2 Å². The molecule has 18 nitrogen and oxygen atoms in total. The number of esters is 1. The third-order valence-corrected chi connectivity index (χ3v) is 7.68. The molecule has 0 radical (unpaired) electrons. The third kappa shape index (κ3) is 7.72. The van der Waals surface area contributed by atoms with Crippen molar-refractivity contribution in [2.24, 2.45) is 0 Å². The number of phenols is 2. The molecule has 1 aromatic rings. The van der Waals surface area contributed by atoms with Crippen molar-refractivity contribution < 1.29 is 89.4 Å². The number of hydrogen-bond acceptors (Lipinski definition) is 18. The number of carbonyl (C=O) groups is 1. The lowest BCUT2D eigenvalue weighted by Gasteiger charge is -2.47. The molecule has 15 atom stereocenters. The molecule has 3 fully saturated rings. The quantitative estimate of drug-likeness (QED) is 0.0678. The van der Waals surface area contributed by atoms with Crippen LogP contribution in [0.2, 0.25) is 0 Å². The SMILES string of the molecule is C[C@@H]1O[C@@H](O[C@@H]2[C@@H](O)[C@H](O)O[C@H](CO)[C@H]2OC(=O)/C=C/c2ccc(O)c(O)c2)[C@H](O)[C@H](O)[C@H]1O[C@@H]1O[C@H](CO)[C@@H](O)[C@H](O)[C@H]1O. The van der Waals surface area contributed by atoms with E-state index in [1.807, 2.05) is 0 Å². The second kappa shape index (κ2) is 14.9. The lowest BCUT2D eigenvalue weighted by molar-refractivity contribution is -0.374. The Morgan fingerprint density at radius 2 is 1.36 bits per heavy atom. The molecule has 18 heteroatoms. The molecule has 11 N–H and O–H groups in total. The summed E-state index contributed by atoms with van der Waals surface area (Å²) >= 11 is 0. The van der Waals surface area contributed by atoms with E-state index >= 15 is 0 Å². The molecule has 1 aromatic carbocycles. The van der Waals surface area contributed by atoms with Crippen LogP contribution in [0.5, 0.6) is 11.5 Å². The van der Waals surface area contributed by atoms with Gasteiger partial charge in [-0.2, -0.15) is 0 Å². The lowest BCUT2D eigenvalue weighted by Crippen LogP contribution is -2.66. The van der Waals surface area contributed by atoms with Crippen LogP contribution in [0.3, 0.4) is 0 Å². The average molecular weight is 651 g/mol. The molecule has 4 rings (SSSR count). The van der Waals surface area contributed by atoms with Gasteiger partial charge < -0.3 is 84.6 Å². The Balaban J connectivity index is 1.47. The number of aromatic hydroxyl groups is 2. The number of hydrogen-bond donors (Lipinski definition) is 11. The molecular formula is C27H38O18. The highest BCUT2D eigenvalue weighted by Gasteiger charge is 2.53. The fraction of sp³-hybridized carbons (Fsp3) is 0.667. The van der Waals surface area contributed by atoms with Gasteiger partial charge in [-0.1, -0.05) is 6.07 Å². The van der Waals surface area contributed by atoms with Crippen molar-refractivity contribution in [1.82, 2.24) is 0 Å². The number of rotatable bonds is 9. The molecule has 0 unspecified atom stereocenters. The monoisotopic (exact) mass is 650 g/mol. The van der Waals surface area contributed by atoms with Crippen LogP contribution in [0.15, 0.2) is 24.3 Å². The van der Waals surface area contributed by atoms with Crippen molar-refractivity contribution in [3.05, 3.63) is 29.8 Å². The van der Waals surface area contributed by atoms with E-state index < -0.39 is 117 Å². The average Bonchev–Trinajstić information content (AvgIpc) is 3.01. The molecule has 3 aliphatic heterocycles. The highest BCUT2D eigenvalue weighted by Crippen LogP contribution is 2.33. The van der Waals surface area contributed by atoms with E-state index in [0.29, 0.717) is 5.56 Å². The first kappa shape index (κ1) is 35.3. The van der Waals surface area contributed by atoms with E-state index in [-0.39, 0.29) is 5.75 Å². The summed E-state index contributed by atoms with van der Waals surface area (Å²) in [4.78, 5) is 12.7. The van der Waals surface area contributed by atoms with Gasteiger partial charge in [0.1, 0.15) is 61.0 Å². The Morgan fingerprint density at radius 3 is 2.00 bits per heavy atom. The first-order valence-corrected chi connectivity index (χ1v) is 13.9. The molecular weight excluding hydrogens is 612 g/mol. The minimum Gasteiger partial charge on any atom is -0.504 e.